The quantitative estimate of drug-likeness (QED) is 0.601. The van der Waals surface area contributed by atoms with Gasteiger partial charge in [-0.1, -0.05) is 0 Å². The standard InChI is InChI=1S/C8H5ClF3NO2/c1-15-3-2-4(10)13-6(8(11)12)5(3)7(9)14/h2,8H,1H3. The van der Waals surface area contributed by atoms with Crippen molar-refractivity contribution < 1.29 is 22.7 Å². The lowest BCUT2D eigenvalue weighted by atomic mass is 10.2. The Morgan fingerprint density at radius 1 is 1.60 bits per heavy atom. The molecule has 0 aliphatic carbocycles. The van der Waals surface area contributed by atoms with Crippen molar-refractivity contribution in [1.29, 1.82) is 0 Å². The molecule has 0 unspecified atom stereocenters. The number of halogens is 4. The first kappa shape index (κ1) is 11.8. The van der Waals surface area contributed by atoms with Crippen LogP contribution in [0.1, 0.15) is 22.5 Å². The van der Waals surface area contributed by atoms with E-state index < -0.39 is 28.9 Å². The van der Waals surface area contributed by atoms with Gasteiger partial charge in [0, 0.05) is 6.07 Å². The molecular formula is C8H5ClF3NO2. The Kier molecular flexibility index (Phi) is 3.52. The average Bonchev–Trinajstić information content (AvgIpc) is 2.15. The van der Waals surface area contributed by atoms with E-state index in [1.165, 1.54) is 0 Å². The zero-order valence-corrected chi connectivity index (χ0v) is 8.19. The largest absolute Gasteiger partial charge is 0.496 e. The van der Waals surface area contributed by atoms with Crippen LogP contribution >= 0.6 is 11.6 Å². The van der Waals surface area contributed by atoms with Crippen LogP contribution in [0.2, 0.25) is 0 Å². The van der Waals surface area contributed by atoms with Gasteiger partial charge in [0.2, 0.25) is 5.95 Å². The zero-order valence-electron chi connectivity index (χ0n) is 7.43. The molecule has 15 heavy (non-hydrogen) atoms. The second-order valence-corrected chi connectivity index (χ2v) is 2.83. The Morgan fingerprint density at radius 2 is 2.20 bits per heavy atom. The number of hydrogen-bond donors (Lipinski definition) is 0. The van der Waals surface area contributed by atoms with Crippen molar-refractivity contribution in [2.75, 3.05) is 7.11 Å². The van der Waals surface area contributed by atoms with E-state index in [0.717, 1.165) is 7.11 Å². The first-order valence-corrected chi connectivity index (χ1v) is 4.07. The Labute approximate surface area is 87.8 Å². The zero-order chi connectivity index (χ0) is 11.6. The number of pyridine rings is 1. The molecule has 3 nitrogen and oxygen atoms in total. The monoisotopic (exact) mass is 239 g/mol. The minimum atomic E-state index is -3.10. The smallest absolute Gasteiger partial charge is 0.281 e. The molecule has 0 aliphatic rings. The van der Waals surface area contributed by atoms with Crippen molar-refractivity contribution in [2.45, 2.75) is 6.43 Å². The van der Waals surface area contributed by atoms with Gasteiger partial charge in [0.05, 0.1) is 7.11 Å². The fourth-order valence-corrected chi connectivity index (χ4v) is 1.22. The molecule has 0 radical (unpaired) electrons. The minimum absolute atomic E-state index is 0.363. The molecule has 1 aromatic heterocycles. The van der Waals surface area contributed by atoms with Crippen molar-refractivity contribution >= 4 is 16.8 Å². The van der Waals surface area contributed by atoms with Gasteiger partial charge in [-0.2, -0.15) is 4.39 Å². The summed E-state index contributed by atoms with van der Waals surface area (Å²) in [6, 6.07) is 0.710. The fourth-order valence-electron chi connectivity index (χ4n) is 1.03. The maximum absolute atomic E-state index is 12.7. The van der Waals surface area contributed by atoms with Crippen LogP contribution in [0, 0.1) is 5.95 Å². The van der Waals surface area contributed by atoms with Gasteiger partial charge in [0.1, 0.15) is 17.0 Å². The van der Waals surface area contributed by atoms with Gasteiger partial charge in [-0.15, -0.1) is 0 Å². The summed E-state index contributed by atoms with van der Waals surface area (Å²) in [6.45, 7) is 0. The number of aromatic nitrogens is 1. The summed E-state index contributed by atoms with van der Waals surface area (Å²) in [5, 5.41) is -1.17. The highest BCUT2D eigenvalue weighted by atomic mass is 35.5. The first-order chi connectivity index (χ1) is 6.97. The minimum Gasteiger partial charge on any atom is -0.496 e. The SMILES string of the molecule is COc1cc(F)nc(C(F)F)c1C(=O)Cl. The van der Waals surface area contributed by atoms with Crippen LogP contribution in [-0.2, 0) is 0 Å². The van der Waals surface area contributed by atoms with Crippen LogP contribution in [-0.4, -0.2) is 17.3 Å². The Morgan fingerprint density at radius 3 is 2.60 bits per heavy atom. The predicted octanol–water partition coefficient (Wildman–Crippen LogP) is 2.55. The van der Waals surface area contributed by atoms with Gasteiger partial charge in [0.25, 0.3) is 11.7 Å². The number of nitrogens with zero attached hydrogens (tertiary/aromatic N) is 1. The van der Waals surface area contributed by atoms with Crippen LogP contribution in [0.25, 0.3) is 0 Å². The molecule has 0 aromatic carbocycles. The predicted molar refractivity (Wildman–Crippen MR) is 45.9 cm³/mol. The van der Waals surface area contributed by atoms with Crippen molar-refractivity contribution in [3.05, 3.63) is 23.3 Å². The van der Waals surface area contributed by atoms with Gasteiger partial charge >= 0.3 is 0 Å². The number of ether oxygens (including phenoxy) is 1. The van der Waals surface area contributed by atoms with Crippen molar-refractivity contribution in [1.82, 2.24) is 4.98 Å². The molecular weight excluding hydrogens is 235 g/mol. The molecule has 0 spiro atoms. The van der Waals surface area contributed by atoms with Crippen LogP contribution in [0.3, 0.4) is 0 Å². The Balaban J connectivity index is 3.47. The summed E-state index contributed by atoms with van der Waals surface area (Å²) in [4.78, 5) is 13.8. The summed E-state index contributed by atoms with van der Waals surface area (Å²) >= 11 is 5.07. The van der Waals surface area contributed by atoms with Crippen LogP contribution < -0.4 is 4.74 Å². The summed E-state index contributed by atoms with van der Waals surface area (Å²) in [6.07, 6.45) is -3.10. The number of carbonyl (C=O) groups excluding carboxylic acids is 1. The summed E-state index contributed by atoms with van der Waals surface area (Å²) in [5.41, 5.74) is -1.64. The fraction of sp³-hybridized carbons (Fsp3) is 0.250. The summed E-state index contributed by atoms with van der Waals surface area (Å²) in [7, 11) is 1.10. The third-order valence-corrected chi connectivity index (χ3v) is 1.79. The van der Waals surface area contributed by atoms with Crippen LogP contribution in [0.15, 0.2) is 6.07 Å². The highest BCUT2D eigenvalue weighted by Gasteiger charge is 2.24. The molecule has 7 heteroatoms. The molecule has 0 fully saturated rings. The third kappa shape index (κ3) is 2.38. The molecule has 0 aliphatic heterocycles. The normalized spacial score (nSPS) is 10.5. The maximum Gasteiger partial charge on any atom is 0.281 e. The second-order valence-electron chi connectivity index (χ2n) is 2.48. The molecule has 0 saturated carbocycles. The van der Waals surface area contributed by atoms with Crippen molar-refractivity contribution in [3.63, 3.8) is 0 Å². The number of methoxy groups -OCH3 is 1. The highest BCUT2D eigenvalue weighted by Crippen LogP contribution is 2.30. The van der Waals surface area contributed by atoms with Crippen molar-refractivity contribution in [2.24, 2.45) is 0 Å². The first-order valence-electron chi connectivity index (χ1n) is 3.69. The molecule has 0 amide bonds. The molecule has 82 valence electrons. The van der Waals surface area contributed by atoms with Crippen molar-refractivity contribution in [3.8, 4) is 5.75 Å². The average molecular weight is 240 g/mol. The van der Waals surface area contributed by atoms with E-state index in [0.29, 0.717) is 6.07 Å². The van der Waals surface area contributed by atoms with Gasteiger partial charge in [-0.3, -0.25) is 4.79 Å². The summed E-state index contributed by atoms with van der Waals surface area (Å²) < 4.78 is 42.1. The summed E-state index contributed by atoms with van der Waals surface area (Å²) in [5.74, 6) is -1.53. The van der Waals surface area contributed by atoms with Crippen LogP contribution in [0.5, 0.6) is 5.75 Å². The van der Waals surface area contributed by atoms with E-state index in [1.54, 1.807) is 0 Å². The molecule has 0 saturated heterocycles. The van der Waals surface area contributed by atoms with Gasteiger partial charge in [0.15, 0.2) is 0 Å². The lowest BCUT2D eigenvalue weighted by Gasteiger charge is -2.09. The van der Waals surface area contributed by atoms with E-state index in [4.69, 9.17) is 11.6 Å². The number of hydrogen-bond acceptors (Lipinski definition) is 3. The molecule has 1 aromatic rings. The van der Waals surface area contributed by atoms with Gasteiger partial charge in [-0.25, -0.2) is 13.8 Å². The molecule has 0 atom stereocenters. The Hall–Kier alpha value is -1.30. The number of alkyl halides is 2. The van der Waals surface area contributed by atoms with E-state index in [1.807, 2.05) is 0 Å². The lowest BCUT2D eigenvalue weighted by Crippen LogP contribution is -2.06. The second kappa shape index (κ2) is 4.48. The maximum atomic E-state index is 12.7. The number of rotatable bonds is 3. The molecule has 1 rings (SSSR count). The molecule has 0 N–H and O–H groups in total. The van der Waals surface area contributed by atoms with Crippen LogP contribution in [0.4, 0.5) is 13.2 Å². The lowest BCUT2D eigenvalue weighted by molar-refractivity contribution is 0.105. The van der Waals surface area contributed by atoms with Gasteiger partial charge in [-0.05, 0) is 11.6 Å². The topological polar surface area (TPSA) is 39.2 Å². The highest BCUT2D eigenvalue weighted by molar-refractivity contribution is 6.68. The molecule has 0 bridgehead atoms. The molecule has 1 heterocycles. The van der Waals surface area contributed by atoms with E-state index >= 15 is 0 Å². The third-order valence-electron chi connectivity index (χ3n) is 1.60. The van der Waals surface area contributed by atoms with E-state index in [-0.39, 0.29) is 5.75 Å². The van der Waals surface area contributed by atoms with E-state index in [9.17, 15) is 18.0 Å². The van der Waals surface area contributed by atoms with Gasteiger partial charge < -0.3 is 4.74 Å². The Bertz CT molecular complexity index is 398. The number of carbonyl (C=O) groups is 1. The van der Waals surface area contributed by atoms with E-state index in [2.05, 4.69) is 9.72 Å².